The molecule has 0 fully saturated rings. The van der Waals surface area contributed by atoms with Crippen LogP contribution < -0.4 is 5.32 Å². The van der Waals surface area contributed by atoms with Crippen molar-refractivity contribution in [1.82, 2.24) is 5.32 Å². The fourth-order valence-corrected chi connectivity index (χ4v) is 3.18. The van der Waals surface area contributed by atoms with Crippen molar-refractivity contribution in [3.05, 3.63) is 44.9 Å². The summed E-state index contributed by atoms with van der Waals surface area (Å²) in [4.78, 5) is 0. The largest absolute Gasteiger partial charge is 0.310 e. The Morgan fingerprint density at radius 1 is 1.39 bits per heavy atom. The summed E-state index contributed by atoms with van der Waals surface area (Å²) in [5.41, 5.74) is 2.57. The van der Waals surface area contributed by atoms with Crippen molar-refractivity contribution in [1.29, 1.82) is 0 Å². The van der Waals surface area contributed by atoms with Crippen LogP contribution >= 0.6 is 31.9 Å². The van der Waals surface area contributed by atoms with Gasteiger partial charge in [-0.25, -0.2) is 0 Å². The van der Waals surface area contributed by atoms with Crippen molar-refractivity contribution >= 4 is 31.9 Å². The summed E-state index contributed by atoms with van der Waals surface area (Å²) < 4.78 is 2.26. The summed E-state index contributed by atoms with van der Waals surface area (Å²) in [5, 5.41) is 3.61. The van der Waals surface area contributed by atoms with Gasteiger partial charge >= 0.3 is 0 Å². The number of benzene rings is 1. The van der Waals surface area contributed by atoms with E-state index in [-0.39, 0.29) is 0 Å². The molecule has 3 heteroatoms. The number of hydrogen-bond acceptors (Lipinski definition) is 1. The van der Waals surface area contributed by atoms with Crippen LogP contribution in [0.1, 0.15) is 44.7 Å². The average Bonchev–Trinajstić information content (AvgIpc) is 2.30. The molecule has 100 valence electrons. The molecule has 0 spiro atoms. The van der Waals surface area contributed by atoms with Gasteiger partial charge in [-0.1, -0.05) is 50.4 Å². The predicted octanol–water partition coefficient (Wildman–Crippen LogP) is 5.61. The maximum atomic E-state index is 3.99. The molecule has 0 saturated carbocycles. The molecule has 18 heavy (non-hydrogen) atoms. The summed E-state index contributed by atoms with van der Waals surface area (Å²) in [6.07, 6.45) is 3.30. The lowest BCUT2D eigenvalue weighted by molar-refractivity contribution is 0.497. The SMILES string of the molecule is C=C(C)CCC(NCCC)c1ccc(Br)cc1Br. The van der Waals surface area contributed by atoms with Gasteiger partial charge in [-0.2, -0.15) is 0 Å². The number of hydrogen-bond donors (Lipinski definition) is 1. The second kappa shape index (κ2) is 8.13. The van der Waals surface area contributed by atoms with Crippen LogP contribution in [0.4, 0.5) is 0 Å². The first-order valence-corrected chi connectivity index (χ1v) is 7.96. The number of allylic oxidation sites excluding steroid dienone is 1. The molecular weight excluding hydrogens is 354 g/mol. The molecule has 1 aromatic carbocycles. The van der Waals surface area contributed by atoms with Crippen LogP contribution in [0.5, 0.6) is 0 Å². The molecule has 0 aliphatic rings. The molecule has 0 heterocycles. The van der Waals surface area contributed by atoms with Crippen molar-refractivity contribution in [2.45, 2.75) is 39.2 Å². The molecule has 1 rings (SSSR count). The maximum absolute atomic E-state index is 3.99. The third-order valence-corrected chi connectivity index (χ3v) is 4.02. The van der Waals surface area contributed by atoms with Crippen LogP contribution in [0, 0.1) is 0 Å². The van der Waals surface area contributed by atoms with E-state index in [0.29, 0.717) is 6.04 Å². The number of nitrogens with one attached hydrogen (secondary N) is 1. The van der Waals surface area contributed by atoms with Gasteiger partial charge in [0.05, 0.1) is 0 Å². The van der Waals surface area contributed by atoms with Crippen LogP contribution in [-0.2, 0) is 0 Å². The van der Waals surface area contributed by atoms with Crippen molar-refractivity contribution in [2.24, 2.45) is 0 Å². The molecule has 1 nitrogen and oxygen atoms in total. The Hall–Kier alpha value is -0.120. The quantitative estimate of drug-likeness (QED) is 0.611. The van der Waals surface area contributed by atoms with Crippen molar-refractivity contribution in [3.8, 4) is 0 Å². The average molecular weight is 375 g/mol. The third-order valence-electron chi connectivity index (χ3n) is 2.84. The summed E-state index contributed by atoms with van der Waals surface area (Å²) in [7, 11) is 0. The summed E-state index contributed by atoms with van der Waals surface area (Å²) >= 11 is 7.15. The highest BCUT2D eigenvalue weighted by molar-refractivity contribution is 9.11. The first-order chi connectivity index (χ1) is 8.54. The van der Waals surface area contributed by atoms with E-state index in [4.69, 9.17) is 0 Å². The Morgan fingerprint density at radius 2 is 2.11 bits per heavy atom. The maximum Gasteiger partial charge on any atom is 0.0334 e. The lowest BCUT2D eigenvalue weighted by Gasteiger charge is -2.20. The lowest BCUT2D eigenvalue weighted by atomic mass is 10.00. The van der Waals surface area contributed by atoms with Crippen LogP contribution in [0.25, 0.3) is 0 Å². The van der Waals surface area contributed by atoms with Gasteiger partial charge in [0.2, 0.25) is 0 Å². The van der Waals surface area contributed by atoms with Crippen LogP contribution in [0.2, 0.25) is 0 Å². The molecule has 0 aliphatic heterocycles. The predicted molar refractivity (Wildman–Crippen MR) is 86.9 cm³/mol. The minimum absolute atomic E-state index is 0.393. The van der Waals surface area contributed by atoms with E-state index in [0.717, 1.165) is 34.8 Å². The zero-order valence-corrected chi connectivity index (χ0v) is 14.3. The second-order valence-electron chi connectivity index (χ2n) is 4.67. The number of rotatable bonds is 7. The summed E-state index contributed by atoms with van der Waals surface area (Å²) in [5.74, 6) is 0. The van der Waals surface area contributed by atoms with E-state index in [1.807, 2.05) is 0 Å². The smallest absolute Gasteiger partial charge is 0.0334 e. The van der Waals surface area contributed by atoms with Gasteiger partial charge in [0.25, 0.3) is 0 Å². The van der Waals surface area contributed by atoms with E-state index < -0.39 is 0 Å². The molecule has 1 aromatic rings. The molecule has 1 unspecified atom stereocenters. The van der Waals surface area contributed by atoms with Crippen LogP contribution in [-0.4, -0.2) is 6.54 Å². The molecule has 1 atom stereocenters. The highest BCUT2D eigenvalue weighted by atomic mass is 79.9. The van der Waals surface area contributed by atoms with Crippen LogP contribution in [0.3, 0.4) is 0 Å². The molecule has 0 bridgehead atoms. The Bertz CT molecular complexity index is 401. The highest BCUT2D eigenvalue weighted by Crippen LogP contribution is 2.30. The van der Waals surface area contributed by atoms with Gasteiger partial charge < -0.3 is 5.32 Å². The Kier molecular flexibility index (Phi) is 7.20. The minimum atomic E-state index is 0.393. The Labute approximate surface area is 127 Å². The highest BCUT2D eigenvalue weighted by Gasteiger charge is 2.13. The molecule has 0 radical (unpaired) electrons. The second-order valence-corrected chi connectivity index (χ2v) is 6.44. The first-order valence-electron chi connectivity index (χ1n) is 6.37. The molecule has 0 saturated heterocycles. The monoisotopic (exact) mass is 373 g/mol. The normalized spacial score (nSPS) is 12.4. The van der Waals surface area contributed by atoms with E-state index >= 15 is 0 Å². The van der Waals surface area contributed by atoms with Crippen LogP contribution in [0.15, 0.2) is 39.3 Å². The van der Waals surface area contributed by atoms with Crippen molar-refractivity contribution in [2.75, 3.05) is 6.54 Å². The Balaban J connectivity index is 2.82. The summed E-state index contributed by atoms with van der Waals surface area (Å²) in [6.45, 7) is 9.32. The van der Waals surface area contributed by atoms with Crippen molar-refractivity contribution in [3.63, 3.8) is 0 Å². The first kappa shape index (κ1) is 15.9. The third kappa shape index (κ3) is 5.25. The van der Waals surface area contributed by atoms with Gasteiger partial charge in [0.1, 0.15) is 0 Å². The lowest BCUT2D eigenvalue weighted by Crippen LogP contribution is -2.22. The van der Waals surface area contributed by atoms with E-state index in [1.165, 1.54) is 11.1 Å². The van der Waals surface area contributed by atoms with Gasteiger partial charge in [-0.15, -0.1) is 6.58 Å². The van der Waals surface area contributed by atoms with E-state index in [2.05, 4.69) is 75.8 Å². The standard InChI is InChI=1S/C15H21Br2N/c1-4-9-18-15(8-5-11(2)3)13-7-6-12(16)10-14(13)17/h6-7,10,15,18H,2,4-5,8-9H2,1,3H3. The fourth-order valence-electron chi connectivity index (χ4n) is 1.86. The molecular formula is C15H21Br2N. The summed E-state index contributed by atoms with van der Waals surface area (Å²) in [6, 6.07) is 6.78. The Morgan fingerprint density at radius 3 is 2.67 bits per heavy atom. The number of halogens is 2. The zero-order valence-electron chi connectivity index (χ0n) is 11.1. The van der Waals surface area contributed by atoms with E-state index in [1.54, 1.807) is 0 Å². The van der Waals surface area contributed by atoms with Gasteiger partial charge in [0, 0.05) is 15.0 Å². The van der Waals surface area contributed by atoms with Gasteiger partial charge in [0.15, 0.2) is 0 Å². The zero-order chi connectivity index (χ0) is 13.5. The van der Waals surface area contributed by atoms with Crippen molar-refractivity contribution < 1.29 is 0 Å². The molecule has 0 aromatic heterocycles. The van der Waals surface area contributed by atoms with E-state index in [9.17, 15) is 0 Å². The molecule has 0 aliphatic carbocycles. The topological polar surface area (TPSA) is 12.0 Å². The molecule has 1 N–H and O–H groups in total. The minimum Gasteiger partial charge on any atom is -0.310 e. The fraction of sp³-hybridized carbons (Fsp3) is 0.467. The molecule has 0 amide bonds. The van der Waals surface area contributed by atoms with Gasteiger partial charge in [-0.3, -0.25) is 0 Å². The van der Waals surface area contributed by atoms with Gasteiger partial charge in [-0.05, 0) is 50.4 Å².